The van der Waals surface area contributed by atoms with Crippen molar-refractivity contribution in [2.24, 2.45) is 10.2 Å². The number of nitrogen functional groups attached to an aromatic ring is 2. The Kier molecular flexibility index (Phi) is 6.27. The molecule has 0 saturated carbocycles. The van der Waals surface area contributed by atoms with Gasteiger partial charge in [0.25, 0.3) is 0 Å². The molecule has 0 radical (unpaired) electrons. The Hall–Kier alpha value is -3.34. The van der Waals surface area contributed by atoms with Crippen LogP contribution in [0.15, 0.2) is 34.8 Å². The van der Waals surface area contributed by atoms with Gasteiger partial charge in [0.15, 0.2) is 11.6 Å². The number of nitroso groups, excluding NO2 is 1. The maximum absolute atomic E-state index is 10.3. The smallest absolute Gasteiger partial charge is 0.169 e. The summed E-state index contributed by atoms with van der Waals surface area (Å²) in [6, 6.07) is 1.91. The number of thiophene rings is 1. The van der Waals surface area contributed by atoms with Gasteiger partial charge in [0.2, 0.25) is 0 Å². The lowest BCUT2D eigenvalue weighted by Gasteiger charge is -2.08. The average molecular weight is 399 g/mol. The fourth-order valence-electron chi connectivity index (χ4n) is 2.44. The second-order valence-corrected chi connectivity index (χ2v) is 7.02. The van der Waals surface area contributed by atoms with Crippen LogP contribution in [-0.4, -0.2) is 39.1 Å². The van der Waals surface area contributed by atoms with Gasteiger partial charge >= 0.3 is 0 Å². The highest BCUT2D eigenvalue weighted by molar-refractivity contribution is 7.14. The van der Waals surface area contributed by atoms with E-state index in [2.05, 4.69) is 30.6 Å². The summed E-state index contributed by atoms with van der Waals surface area (Å²) in [5.74, 6) is 0.786. The largest absolute Gasteiger partial charge is 0.398 e. The van der Waals surface area contributed by atoms with Crippen molar-refractivity contribution in [1.29, 1.82) is 0 Å². The van der Waals surface area contributed by atoms with Crippen LogP contribution in [0, 0.1) is 4.91 Å². The van der Waals surface area contributed by atoms with Gasteiger partial charge in [-0.1, -0.05) is 5.18 Å². The van der Waals surface area contributed by atoms with Crippen LogP contribution < -0.4 is 16.8 Å². The normalized spacial score (nSPS) is 11.2. The molecule has 5 N–H and O–H groups in total. The molecular weight excluding hydrogens is 378 g/mol. The first kappa shape index (κ1) is 19.4. The van der Waals surface area contributed by atoms with Crippen LogP contribution >= 0.6 is 11.3 Å². The van der Waals surface area contributed by atoms with Gasteiger partial charge in [0.1, 0.15) is 6.54 Å². The summed E-state index contributed by atoms with van der Waals surface area (Å²) in [6.07, 6.45) is 6.82. The molecule has 3 heterocycles. The molecule has 3 aromatic heterocycles. The van der Waals surface area contributed by atoms with Crippen LogP contribution in [0.3, 0.4) is 0 Å². The van der Waals surface area contributed by atoms with Crippen LogP contribution in [0.25, 0.3) is 11.3 Å². The maximum Gasteiger partial charge on any atom is 0.169 e. The third-order valence-electron chi connectivity index (χ3n) is 3.81. The molecule has 10 nitrogen and oxygen atoms in total. The van der Waals surface area contributed by atoms with Crippen LogP contribution in [0.4, 0.5) is 17.3 Å². The highest BCUT2D eigenvalue weighted by Gasteiger charge is 2.10. The summed E-state index contributed by atoms with van der Waals surface area (Å²) < 4.78 is 1.63. The lowest BCUT2D eigenvalue weighted by Crippen LogP contribution is -2.06. The molecule has 3 aromatic rings. The molecule has 0 bridgehead atoms. The summed E-state index contributed by atoms with van der Waals surface area (Å²) in [5, 5.41) is 10.2. The fourth-order valence-corrected chi connectivity index (χ4v) is 3.35. The Bertz CT molecular complexity index is 979. The maximum atomic E-state index is 10.3. The summed E-state index contributed by atoms with van der Waals surface area (Å²) in [5.41, 5.74) is 14.1. The molecular formula is C17H21N9OS. The monoisotopic (exact) mass is 399 g/mol. The van der Waals surface area contributed by atoms with E-state index < -0.39 is 0 Å². The second-order valence-electron chi connectivity index (χ2n) is 5.85. The molecule has 0 fully saturated rings. The topological polar surface area (TPSA) is 149 Å². The van der Waals surface area contributed by atoms with Gasteiger partial charge < -0.3 is 16.8 Å². The zero-order valence-corrected chi connectivity index (χ0v) is 16.2. The summed E-state index contributed by atoms with van der Waals surface area (Å²) in [4.78, 5) is 25.2. The van der Waals surface area contributed by atoms with E-state index in [0.717, 1.165) is 15.3 Å². The molecule has 28 heavy (non-hydrogen) atoms. The van der Waals surface area contributed by atoms with Crippen molar-refractivity contribution in [1.82, 2.24) is 19.7 Å². The van der Waals surface area contributed by atoms with Crippen molar-refractivity contribution >= 4 is 34.9 Å². The quantitative estimate of drug-likeness (QED) is 0.369. The van der Waals surface area contributed by atoms with Gasteiger partial charge in [-0.15, -0.1) is 11.3 Å². The number of anilines is 3. The number of rotatable bonds is 9. The molecule has 3 rings (SSSR count). The van der Waals surface area contributed by atoms with Crippen molar-refractivity contribution in [2.45, 2.75) is 20.0 Å². The van der Waals surface area contributed by atoms with Crippen molar-refractivity contribution in [2.75, 3.05) is 29.9 Å². The number of nitrogens with two attached hydrogens (primary N) is 2. The molecule has 0 amide bonds. The number of nitrogens with one attached hydrogen (secondary N) is 1. The van der Waals surface area contributed by atoms with E-state index in [1.165, 1.54) is 0 Å². The van der Waals surface area contributed by atoms with E-state index in [9.17, 15) is 4.91 Å². The van der Waals surface area contributed by atoms with Gasteiger partial charge in [-0.2, -0.15) is 10.0 Å². The van der Waals surface area contributed by atoms with Gasteiger partial charge in [0.05, 0.1) is 41.7 Å². The minimum absolute atomic E-state index is 0.163. The molecule has 0 spiro atoms. The molecule has 0 atom stereocenters. The third kappa shape index (κ3) is 4.68. The highest BCUT2D eigenvalue weighted by atomic mass is 32.1. The minimum atomic E-state index is 0.163. The number of aromatic nitrogens is 4. The first-order chi connectivity index (χ1) is 13.6. The molecule has 0 aliphatic rings. The average Bonchev–Trinajstić information content (AvgIpc) is 3.30. The molecule has 0 aliphatic heterocycles. The van der Waals surface area contributed by atoms with Crippen molar-refractivity contribution < 1.29 is 0 Å². The summed E-state index contributed by atoms with van der Waals surface area (Å²) in [7, 11) is 0. The van der Waals surface area contributed by atoms with Gasteiger partial charge in [-0.3, -0.25) is 9.67 Å². The molecule has 11 heteroatoms. The third-order valence-corrected chi connectivity index (χ3v) is 4.90. The predicted molar refractivity (Wildman–Crippen MR) is 113 cm³/mol. The number of hydrogen-bond acceptors (Lipinski definition) is 10. The first-order valence-electron chi connectivity index (χ1n) is 8.67. The van der Waals surface area contributed by atoms with Crippen molar-refractivity contribution in [3.63, 3.8) is 0 Å². The zero-order chi connectivity index (χ0) is 19.9. The van der Waals surface area contributed by atoms with E-state index in [0.29, 0.717) is 42.7 Å². The van der Waals surface area contributed by atoms with Gasteiger partial charge in [0, 0.05) is 29.4 Å². The standard InChI is InChI=1S/C17H21N9OS/c1-2-20-9-15-13(18)5-12(28-15)7-22-17-16(19)21-8-14(25-17)11-6-23-26(10-11)4-3-24-27/h5-6,8-10H,2-4,7,18H2,1H3,(H2,19,21)(H,22,25). The van der Waals surface area contributed by atoms with Crippen molar-refractivity contribution in [3.05, 3.63) is 39.3 Å². The zero-order valence-electron chi connectivity index (χ0n) is 15.4. The lowest BCUT2D eigenvalue weighted by molar-refractivity contribution is 0.624. The first-order valence-corrected chi connectivity index (χ1v) is 9.48. The molecule has 0 aliphatic carbocycles. The Labute approximate surface area is 165 Å². The van der Waals surface area contributed by atoms with E-state index in [-0.39, 0.29) is 6.54 Å². The highest BCUT2D eigenvalue weighted by Crippen LogP contribution is 2.25. The molecule has 0 unspecified atom stereocenters. The van der Waals surface area contributed by atoms with E-state index in [1.807, 2.05) is 13.0 Å². The Morgan fingerprint density at radius 1 is 1.36 bits per heavy atom. The molecule has 0 aromatic carbocycles. The predicted octanol–water partition coefficient (Wildman–Crippen LogP) is 2.38. The summed E-state index contributed by atoms with van der Waals surface area (Å²) >= 11 is 1.56. The second kappa shape index (κ2) is 9.04. The Morgan fingerprint density at radius 2 is 2.21 bits per heavy atom. The molecule has 0 saturated heterocycles. The number of hydrogen-bond donors (Lipinski definition) is 3. The Morgan fingerprint density at radius 3 is 3.00 bits per heavy atom. The SMILES string of the molecule is CCN=Cc1sc(CNc2nc(-c3cnn(CCN=O)c3)cnc2N)cc1N. The molecule has 146 valence electrons. The number of aliphatic imine (C=N–C) groups is 1. The van der Waals surface area contributed by atoms with Gasteiger partial charge in [-0.05, 0) is 13.0 Å². The van der Waals surface area contributed by atoms with E-state index in [1.54, 1.807) is 40.8 Å². The fraction of sp³-hybridized carbons (Fsp3) is 0.294. The van der Waals surface area contributed by atoms with Crippen LogP contribution in [0.5, 0.6) is 0 Å². The van der Waals surface area contributed by atoms with Crippen LogP contribution in [0.1, 0.15) is 16.7 Å². The van der Waals surface area contributed by atoms with E-state index in [4.69, 9.17) is 11.5 Å². The van der Waals surface area contributed by atoms with Crippen LogP contribution in [0.2, 0.25) is 0 Å². The minimum Gasteiger partial charge on any atom is -0.398 e. The van der Waals surface area contributed by atoms with E-state index >= 15 is 0 Å². The summed E-state index contributed by atoms with van der Waals surface area (Å²) in [6.45, 7) is 3.78. The van der Waals surface area contributed by atoms with Gasteiger partial charge in [-0.25, -0.2) is 9.97 Å². The number of nitrogens with zero attached hydrogens (tertiary/aromatic N) is 6. The lowest BCUT2D eigenvalue weighted by atomic mass is 10.2. The van der Waals surface area contributed by atoms with Crippen LogP contribution in [-0.2, 0) is 13.1 Å². The van der Waals surface area contributed by atoms with Crippen molar-refractivity contribution in [3.8, 4) is 11.3 Å². The Balaban J connectivity index is 1.72.